The van der Waals surface area contributed by atoms with Crippen LogP contribution in [0.25, 0.3) is 12.2 Å². The molecule has 4 heteroatoms. The third-order valence-corrected chi connectivity index (χ3v) is 2.39. The molecule has 0 saturated heterocycles. The van der Waals surface area contributed by atoms with Gasteiger partial charge in [-0.25, -0.2) is 14.9 Å². The van der Waals surface area contributed by atoms with Crippen molar-refractivity contribution in [2.75, 3.05) is 0 Å². The Labute approximate surface area is 90.2 Å². The van der Waals surface area contributed by atoms with Gasteiger partial charge in [0.1, 0.15) is 0 Å². The predicted octanol–water partition coefficient (Wildman–Crippen LogP) is 0.423. The summed E-state index contributed by atoms with van der Waals surface area (Å²) in [5.74, 6) is 0. The molecule has 1 aliphatic heterocycles. The minimum atomic E-state index is -0.382. The van der Waals surface area contributed by atoms with Gasteiger partial charge in [-0.05, 0) is 18.2 Å². The first kappa shape index (κ1) is 8.91. The molecule has 0 amide bonds. The summed E-state index contributed by atoms with van der Waals surface area (Å²) in [6.07, 6.45) is 5.14. The Balaban J connectivity index is 2.14. The molecule has 16 heavy (non-hydrogen) atoms. The van der Waals surface area contributed by atoms with Gasteiger partial charge in [-0.15, -0.1) is 0 Å². The van der Waals surface area contributed by atoms with Crippen LogP contribution in [-0.4, -0.2) is 5.16 Å². The molecule has 78 valence electrons. The third-order valence-electron chi connectivity index (χ3n) is 2.39. The molecular formula is C12H8N2O2. The number of nitrogens with zero attached hydrogens (tertiary/aromatic N) is 1. The summed E-state index contributed by atoms with van der Waals surface area (Å²) >= 11 is 0. The van der Waals surface area contributed by atoms with Gasteiger partial charge < -0.3 is 4.52 Å². The first-order chi connectivity index (χ1) is 7.83. The molecule has 1 aromatic heterocycles. The summed E-state index contributed by atoms with van der Waals surface area (Å²) in [5, 5.41) is 4.39. The molecule has 0 aliphatic carbocycles. The molecule has 1 aromatic carbocycles. The monoisotopic (exact) mass is 212 g/mol. The lowest BCUT2D eigenvalue weighted by atomic mass is 10.2. The molecule has 0 bridgehead atoms. The van der Waals surface area contributed by atoms with Gasteiger partial charge in [0.25, 0.3) is 0 Å². The topological polar surface area (TPSA) is 58.4 Å². The number of nitrogens with one attached hydrogen (secondary N) is 1. The van der Waals surface area contributed by atoms with Gasteiger partial charge >= 0.3 is 5.63 Å². The van der Waals surface area contributed by atoms with Gasteiger partial charge in [-0.1, -0.05) is 18.2 Å². The van der Waals surface area contributed by atoms with Crippen LogP contribution in [0.4, 0.5) is 0 Å². The van der Waals surface area contributed by atoms with Crippen molar-refractivity contribution in [2.45, 2.75) is 0 Å². The molecule has 0 radical (unpaired) electrons. The Morgan fingerprint density at radius 1 is 1.31 bits per heavy atom. The summed E-state index contributed by atoms with van der Waals surface area (Å²) in [4.78, 5) is 15.6. The van der Waals surface area contributed by atoms with Gasteiger partial charge in [0.15, 0.2) is 0 Å². The normalized spacial score (nSPS) is 15.6. The number of aromatic nitrogens is 1. The van der Waals surface area contributed by atoms with E-state index in [0.717, 1.165) is 16.3 Å². The number of hydrogen-bond acceptors (Lipinski definition) is 3. The van der Waals surface area contributed by atoms with Crippen LogP contribution in [-0.2, 0) is 0 Å². The van der Waals surface area contributed by atoms with E-state index in [0.29, 0.717) is 5.56 Å². The number of allylic oxidation sites excluding steroid dienone is 1. The fourth-order valence-corrected chi connectivity index (χ4v) is 1.64. The second-order valence-electron chi connectivity index (χ2n) is 3.49. The van der Waals surface area contributed by atoms with E-state index >= 15 is 0 Å². The summed E-state index contributed by atoms with van der Waals surface area (Å²) < 4.78 is 4.57. The van der Waals surface area contributed by atoms with Crippen LogP contribution in [0.3, 0.4) is 0 Å². The molecule has 3 rings (SSSR count). The number of hydrogen-bond donors (Lipinski definition) is 1. The number of benzene rings is 1. The number of fused-ring (bicyclic) bond motifs is 1. The highest BCUT2D eigenvalue weighted by Gasteiger charge is 2.03. The third kappa shape index (κ3) is 1.40. The van der Waals surface area contributed by atoms with Gasteiger partial charge in [-0.3, -0.25) is 0 Å². The SMILES string of the molecule is O=c1o[nH]cc1C=C1C=c2ccccc2=N1. The Kier molecular flexibility index (Phi) is 1.86. The minimum Gasteiger partial charge on any atom is -0.338 e. The fourth-order valence-electron chi connectivity index (χ4n) is 1.64. The summed E-state index contributed by atoms with van der Waals surface area (Å²) in [5.41, 5.74) is 0.850. The van der Waals surface area contributed by atoms with Crippen LogP contribution in [0.15, 0.2) is 50.5 Å². The first-order valence-electron chi connectivity index (χ1n) is 4.87. The van der Waals surface area contributed by atoms with E-state index in [9.17, 15) is 4.79 Å². The zero-order valence-electron chi connectivity index (χ0n) is 8.31. The number of H-pyrrole nitrogens is 1. The zero-order chi connectivity index (χ0) is 11.0. The smallest absolute Gasteiger partial charge is 0.338 e. The zero-order valence-corrected chi connectivity index (χ0v) is 8.31. The Bertz CT molecular complexity index is 698. The van der Waals surface area contributed by atoms with E-state index < -0.39 is 0 Å². The van der Waals surface area contributed by atoms with Crippen LogP contribution in [0.5, 0.6) is 0 Å². The number of aromatic amines is 1. The van der Waals surface area contributed by atoms with Crippen LogP contribution in [0, 0.1) is 0 Å². The largest absolute Gasteiger partial charge is 0.364 e. The van der Waals surface area contributed by atoms with E-state index in [1.54, 1.807) is 6.08 Å². The maximum Gasteiger partial charge on any atom is 0.364 e. The average molecular weight is 212 g/mol. The van der Waals surface area contributed by atoms with Crippen molar-refractivity contribution in [1.29, 1.82) is 0 Å². The minimum absolute atomic E-state index is 0.382. The van der Waals surface area contributed by atoms with E-state index in [1.807, 2.05) is 30.3 Å². The molecule has 1 aliphatic rings. The number of rotatable bonds is 1. The lowest BCUT2D eigenvalue weighted by Crippen LogP contribution is -2.19. The van der Waals surface area contributed by atoms with Crippen molar-refractivity contribution >= 4 is 12.2 Å². The van der Waals surface area contributed by atoms with E-state index in [1.165, 1.54) is 6.20 Å². The van der Waals surface area contributed by atoms with Crippen molar-refractivity contribution in [3.63, 3.8) is 0 Å². The quantitative estimate of drug-likeness (QED) is 0.744. The van der Waals surface area contributed by atoms with Crippen LogP contribution >= 0.6 is 0 Å². The van der Waals surface area contributed by atoms with Crippen molar-refractivity contribution in [3.8, 4) is 0 Å². The molecule has 0 saturated carbocycles. The maximum absolute atomic E-state index is 11.2. The molecule has 2 aromatic rings. The van der Waals surface area contributed by atoms with Gasteiger partial charge in [0.2, 0.25) is 0 Å². The van der Waals surface area contributed by atoms with Crippen molar-refractivity contribution in [1.82, 2.24) is 5.16 Å². The summed E-state index contributed by atoms with van der Waals surface area (Å²) in [6, 6.07) is 7.81. The second-order valence-corrected chi connectivity index (χ2v) is 3.49. The Morgan fingerprint density at radius 2 is 2.19 bits per heavy atom. The van der Waals surface area contributed by atoms with E-state index in [4.69, 9.17) is 0 Å². The fraction of sp³-hybridized carbons (Fsp3) is 0. The van der Waals surface area contributed by atoms with Crippen LogP contribution < -0.4 is 16.2 Å². The standard InChI is InChI=1S/C12H8N2O2/c15-12-9(7-13-16-12)6-10-5-8-3-1-2-4-11(8)14-10/h1-7,13H. The summed E-state index contributed by atoms with van der Waals surface area (Å²) in [7, 11) is 0. The average Bonchev–Trinajstić information content (AvgIpc) is 2.85. The molecule has 2 heterocycles. The number of para-hydroxylation sites is 1. The highest BCUT2D eigenvalue weighted by atomic mass is 16.5. The van der Waals surface area contributed by atoms with Crippen molar-refractivity contribution in [2.24, 2.45) is 4.99 Å². The molecule has 4 nitrogen and oxygen atoms in total. The van der Waals surface area contributed by atoms with Gasteiger partial charge in [-0.2, -0.15) is 0 Å². The lowest BCUT2D eigenvalue weighted by Gasteiger charge is -1.84. The molecule has 1 N–H and O–H groups in total. The Hall–Kier alpha value is -2.36. The van der Waals surface area contributed by atoms with Gasteiger partial charge in [0, 0.05) is 5.22 Å². The first-order valence-corrected chi connectivity index (χ1v) is 4.87. The molecule has 0 spiro atoms. The van der Waals surface area contributed by atoms with Crippen LogP contribution in [0.2, 0.25) is 0 Å². The summed E-state index contributed by atoms with van der Waals surface area (Å²) in [6.45, 7) is 0. The van der Waals surface area contributed by atoms with Crippen molar-refractivity contribution in [3.05, 3.63) is 62.7 Å². The highest BCUT2D eigenvalue weighted by Crippen LogP contribution is 2.06. The highest BCUT2D eigenvalue weighted by molar-refractivity contribution is 5.64. The molecular weight excluding hydrogens is 204 g/mol. The molecule has 0 atom stereocenters. The lowest BCUT2D eigenvalue weighted by molar-refractivity contribution is 0.391. The van der Waals surface area contributed by atoms with Gasteiger partial charge in [0.05, 0.1) is 22.8 Å². The Morgan fingerprint density at radius 3 is 2.94 bits per heavy atom. The van der Waals surface area contributed by atoms with Crippen molar-refractivity contribution < 1.29 is 4.52 Å². The van der Waals surface area contributed by atoms with Crippen LogP contribution in [0.1, 0.15) is 5.56 Å². The van der Waals surface area contributed by atoms with E-state index in [2.05, 4.69) is 14.7 Å². The predicted molar refractivity (Wildman–Crippen MR) is 59.0 cm³/mol. The molecule has 0 unspecified atom stereocenters. The second kappa shape index (κ2) is 3.34. The van der Waals surface area contributed by atoms with E-state index in [-0.39, 0.29) is 5.63 Å². The maximum atomic E-state index is 11.2. The molecule has 0 fully saturated rings.